The SMILES string of the molecule is COC(=O)c1c(NC(=O)C[NH+](Cc2cccs2)C[C@@H]2CCCO2)sc(C)c1C. The molecule has 1 fully saturated rings. The molecule has 8 heteroatoms. The van der Waals surface area contributed by atoms with E-state index in [-0.39, 0.29) is 12.0 Å². The standard InChI is InChI=1S/C20H26N2O4S2/c1-13-14(2)28-19(18(13)20(24)25-3)21-17(23)12-22(10-15-6-4-8-26-15)11-16-7-5-9-27-16/h5,7,9,15H,4,6,8,10-12H2,1-3H3,(H,21,23)/p+1/t15-/m0/s1. The number of carbonyl (C=O) groups is 2. The van der Waals surface area contributed by atoms with Gasteiger partial charge in [0, 0.05) is 11.5 Å². The van der Waals surface area contributed by atoms with Crippen LogP contribution in [0.25, 0.3) is 0 Å². The van der Waals surface area contributed by atoms with Crippen molar-refractivity contribution in [2.45, 2.75) is 39.3 Å². The Hall–Kier alpha value is -1.74. The van der Waals surface area contributed by atoms with Crippen molar-refractivity contribution in [3.8, 4) is 0 Å². The number of ether oxygens (including phenoxy) is 2. The minimum Gasteiger partial charge on any atom is -0.465 e. The van der Waals surface area contributed by atoms with Gasteiger partial charge in [0.05, 0.1) is 17.6 Å². The third-order valence-corrected chi connectivity index (χ3v) is 6.98. The second-order valence-corrected chi connectivity index (χ2v) is 9.31. The van der Waals surface area contributed by atoms with Crippen molar-refractivity contribution in [2.24, 2.45) is 0 Å². The number of thiophene rings is 2. The molecule has 0 radical (unpaired) electrons. The van der Waals surface area contributed by atoms with Crippen molar-refractivity contribution in [2.75, 3.05) is 32.1 Å². The normalized spacial score (nSPS) is 17.5. The first kappa shape index (κ1) is 21.0. The summed E-state index contributed by atoms with van der Waals surface area (Å²) in [6.07, 6.45) is 2.34. The fraction of sp³-hybridized carbons (Fsp3) is 0.500. The largest absolute Gasteiger partial charge is 0.465 e. The molecule has 3 rings (SSSR count). The molecule has 2 N–H and O–H groups in total. The number of quaternary nitrogens is 1. The summed E-state index contributed by atoms with van der Waals surface area (Å²) >= 11 is 3.12. The van der Waals surface area contributed by atoms with E-state index in [0.717, 1.165) is 47.9 Å². The van der Waals surface area contributed by atoms with Crippen molar-refractivity contribution in [3.63, 3.8) is 0 Å². The molecular weight excluding hydrogens is 396 g/mol. The third-order valence-electron chi connectivity index (χ3n) is 4.98. The number of hydrogen-bond donors (Lipinski definition) is 2. The van der Waals surface area contributed by atoms with Gasteiger partial charge in [-0.05, 0) is 43.7 Å². The average molecular weight is 424 g/mol. The molecular formula is C20H27N2O4S2+. The van der Waals surface area contributed by atoms with Gasteiger partial charge >= 0.3 is 5.97 Å². The first-order chi connectivity index (χ1) is 13.5. The second kappa shape index (κ2) is 9.65. The molecule has 28 heavy (non-hydrogen) atoms. The average Bonchev–Trinajstić information content (AvgIpc) is 3.39. The van der Waals surface area contributed by atoms with E-state index in [9.17, 15) is 9.59 Å². The van der Waals surface area contributed by atoms with E-state index in [0.29, 0.717) is 17.1 Å². The van der Waals surface area contributed by atoms with E-state index < -0.39 is 5.97 Å². The maximum Gasteiger partial charge on any atom is 0.341 e. The zero-order valence-electron chi connectivity index (χ0n) is 16.5. The Morgan fingerprint density at radius 3 is 2.86 bits per heavy atom. The number of anilines is 1. The summed E-state index contributed by atoms with van der Waals surface area (Å²) in [7, 11) is 1.36. The topological polar surface area (TPSA) is 69.1 Å². The monoisotopic (exact) mass is 423 g/mol. The molecule has 2 aromatic heterocycles. The lowest BCUT2D eigenvalue weighted by Gasteiger charge is -2.21. The molecule has 2 atom stereocenters. The fourth-order valence-corrected chi connectivity index (χ4v) is 5.30. The Morgan fingerprint density at radius 2 is 2.21 bits per heavy atom. The summed E-state index contributed by atoms with van der Waals surface area (Å²) < 4.78 is 10.7. The highest BCUT2D eigenvalue weighted by atomic mass is 32.1. The van der Waals surface area contributed by atoms with E-state index >= 15 is 0 Å². The van der Waals surface area contributed by atoms with Gasteiger partial charge in [0.1, 0.15) is 24.2 Å². The van der Waals surface area contributed by atoms with Crippen molar-refractivity contribution >= 4 is 39.6 Å². The highest BCUT2D eigenvalue weighted by Crippen LogP contribution is 2.32. The predicted molar refractivity (Wildman–Crippen MR) is 111 cm³/mol. The lowest BCUT2D eigenvalue weighted by molar-refractivity contribution is -0.908. The Labute approximate surface area is 173 Å². The Balaban J connectivity index is 1.69. The summed E-state index contributed by atoms with van der Waals surface area (Å²) in [6.45, 7) is 6.54. The van der Waals surface area contributed by atoms with Gasteiger partial charge in [-0.25, -0.2) is 4.79 Å². The number of hydrogen-bond acceptors (Lipinski definition) is 6. The molecule has 152 valence electrons. The summed E-state index contributed by atoms with van der Waals surface area (Å²) in [4.78, 5) is 28.3. The number of esters is 1. The van der Waals surface area contributed by atoms with Gasteiger partial charge in [-0.3, -0.25) is 4.79 Å². The number of rotatable bonds is 8. The van der Waals surface area contributed by atoms with Crippen LogP contribution in [0.4, 0.5) is 5.00 Å². The molecule has 1 aliphatic heterocycles. The van der Waals surface area contributed by atoms with Gasteiger partial charge in [-0.2, -0.15) is 0 Å². The van der Waals surface area contributed by atoms with E-state index in [4.69, 9.17) is 9.47 Å². The minimum atomic E-state index is -0.417. The molecule has 1 saturated heterocycles. The molecule has 3 heterocycles. The summed E-state index contributed by atoms with van der Waals surface area (Å²) in [5, 5.41) is 5.57. The highest BCUT2D eigenvalue weighted by molar-refractivity contribution is 7.16. The van der Waals surface area contributed by atoms with E-state index in [1.54, 1.807) is 11.3 Å². The van der Waals surface area contributed by atoms with Gasteiger partial charge in [-0.1, -0.05) is 6.07 Å². The van der Waals surface area contributed by atoms with Gasteiger partial charge < -0.3 is 19.7 Å². The number of methoxy groups -OCH3 is 1. The molecule has 0 bridgehead atoms. The first-order valence-electron chi connectivity index (χ1n) is 9.43. The molecule has 0 aliphatic carbocycles. The number of aryl methyl sites for hydroxylation is 1. The molecule has 1 unspecified atom stereocenters. The Bertz CT molecular complexity index is 811. The van der Waals surface area contributed by atoms with Crippen molar-refractivity contribution in [3.05, 3.63) is 38.4 Å². The quantitative estimate of drug-likeness (QED) is 0.640. The van der Waals surface area contributed by atoms with E-state index in [1.165, 1.54) is 23.3 Å². The van der Waals surface area contributed by atoms with Crippen LogP contribution in [-0.4, -0.2) is 44.8 Å². The Kier molecular flexibility index (Phi) is 7.23. The van der Waals surface area contributed by atoms with Gasteiger partial charge in [-0.15, -0.1) is 22.7 Å². The maximum absolute atomic E-state index is 12.8. The van der Waals surface area contributed by atoms with Crippen LogP contribution in [0.5, 0.6) is 0 Å². The van der Waals surface area contributed by atoms with Crippen LogP contribution in [-0.2, 0) is 20.8 Å². The highest BCUT2D eigenvalue weighted by Gasteiger charge is 2.26. The van der Waals surface area contributed by atoms with Crippen LogP contribution in [0.15, 0.2) is 17.5 Å². The number of carbonyl (C=O) groups excluding carboxylic acids is 2. The molecule has 0 spiro atoms. The van der Waals surface area contributed by atoms with E-state index in [2.05, 4.69) is 16.8 Å². The van der Waals surface area contributed by atoms with Gasteiger partial charge in [0.2, 0.25) is 0 Å². The van der Waals surface area contributed by atoms with Crippen LogP contribution in [0.3, 0.4) is 0 Å². The number of amides is 1. The van der Waals surface area contributed by atoms with Crippen LogP contribution < -0.4 is 10.2 Å². The maximum atomic E-state index is 12.8. The molecule has 0 aromatic carbocycles. The van der Waals surface area contributed by atoms with Crippen LogP contribution in [0.2, 0.25) is 0 Å². The first-order valence-corrected chi connectivity index (χ1v) is 11.1. The summed E-state index contributed by atoms with van der Waals surface area (Å²) in [5.41, 5.74) is 1.31. The van der Waals surface area contributed by atoms with E-state index in [1.807, 2.05) is 19.9 Å². The lowest BCUT2D eigenvalue weighted by Crippen LogP contribution is -3.12. The van der Waals surface area contributed by atoms with Gasteiger partial charge in [0.15, 0.2) is 6.54 Å². The smallest absolute Gasteiger partial charge is 0.341 e. The molecule has 6 nitrogen and oxygen atoms in total. The minimum absolute atomic E-state index is 0.101. The molecule has 0 saturated carbocycles. The second-order valence-electron chi connectivity index (χ2n) is 7.05. The van der Waals surface area contributed by atoms with Crippen molar-refractivity contribution in [1.82, 2.24) is 0 Å². The van der Waals surface area contributed by atoms with Crippen LogP contribution in [0, 0.1) is 13.8 Å². The van der Waals surface area contributed by atoms with Gasteiger partial charge in [0.25, 0.3) is 5.91 Å². The molecule has 1 amide bonds. The lowest BCUT2D eigenvalue weighted by atomic mass is 10.1. The van der Waals surface area contributed by atoms with Crippen LogP contribution in [0.1, 0.15) is 38.5 Å². The van der Waals surface area contributed by atoms with Crippen LogP contribution >= 0.6 is 22.7 Å². The third kappa shape index (κ3) is 5.20. The molecule has 2 aromatic rings. The number of nitrogens with one attached hydrogen (secondary N) is 2. The molecule has 1 aliphatic rings. The van der Waals surface area contributed by atoms with Crippen molar-refractivity contribution in [1.29, 1.82) is 0 Å². The predicted octanol–water partition coefficient (Wildman–Crippen LogP) is 2.42. The zero-order valence-corrected chi connectivity index (χ0v) is 18.1. The fourth-order valence-electron chi connectivity index (χ4n) is 3.45. The zero-order chi connectivity index (χ0) is 20.1. The van der Waals surface area contributed by atoms with Crippen molar-refractivity contribution < 1.29 is 24.0 Å². The Morgan fingerprint density at radius 1 is 1.39 bits per heavy atom. The summed E-state index contributed by atoms with van der Waals surface area (Å²) in [6, 6.07) is 4.13. The summed E-state index contributed by atoms with van der Waals surface area (Å²) in [5.74, 6) is -0.518.